The van der Waals surface area contributed by atoms with Crippen LogP contribution in [-0.4, -0.2) is 0 Å². The molecule has 0 aromatic carbocycles. The van der Waals surface area contributed by atoms with Crippen LogP contribution in [0, 0.1) is 5.92 Å². The van der Waals surface area contributed by atoms with Gasteiger partial charge in [0.1, 0.15) is 0 Å². The quantitative estimate of drug-likeness (QED) is 0.524. The van der Waals surface area contributed by atoms with Gasteiger partial charge >= 0.3 is 85.0 Å². The van der Waals surface area contributed by atoms with Crippen LogP contribution in [0.4, 0.5) is 0 Å². The third-order valence-electron chi connectivity index (χ3n) is 2.33. The first-order chi connectivity index (χ1) is 5.38. The maximum atomic E-state index is 5.87. The Bertz CT molecular complexity index is 163. The molecule has 1 rings (SSSR count). The fourth-order valence-corrected chi connectivity index (χ4v) is 6.17. The third-order valence-corrected chi connectivity index (χ3v) is 6.32. The summed E-state index contributed by atoms with van der Waals surface area (Å²) in [4.78, 5) is 0. The summed E-state index contributed by atoms with van der Waals surface area (Å²) in [5, 5.41) is 0. The molecular weight excluding hydrogens is 344 g/mol. The van der Waals surface area contributed by atoms with Crippen molar-refractivity contribution in [2.45, 2.75) is 25.7 Å². The zero-order chi connectivity index (χ0) is 8.10. The fraction of sp³-hybridized carbons (Fsp3) is 0.556. The predicted octanol–water partition coefficient (Wildman–Crippen LogP) is 3.48. The van der Waals surface area contributed by atoms with E-state index in [0.29, 0.717) is 5.92 Å². The summed E-state index contributed by atoms with van der Waals surface area (Å²) < 4.78 is 2.37. The second-order valence-corrected chi connectivity index (χ2v) is 8.52. The van der Waals surface area contributed by atoms with Crippen molar-refractivity contribution in [3.8, 4) is 0 Å². The van der Waals surface area contributed by atoms with Crippen molar-refractivity contribution in [3.63, 3.8) is 0 Å². The van der Waals surface area contributed by atoms with E-state index in [-0.39, 0.29) is 0 Å². The molecule has 0 bridgehead atoms. The summed E-state index contributed by atoms with van der Waals surface area (Å²) in [5.74, 6) is 0.669. The van der Waals surface area contributed by atoms with Gasteiger partial charge in [-0.25, -0.2) is 0 Å². The molecule has 1 unspecified atom stereocenters. The molecule has 0 aromatic rings. The standard InChI is InChI=1S/C9H13.ClH.Hg/c1-3-9-7-5-4-6-8(9)2;;/h2-3,9H,1,4-7H2;1H;/q;;+1/p-1. The second kappa shape index (κ2) is 5.37. The van der Waals surface area contributed by atoms with Gasteiger partial charge in [-0.2, -0.15) is 0 Å². The first kappa shape index (κ1) is 9.79. The molecule has 0 N–H and O–H groups in total. The molecular formula is C9H13ClHg. The van der Waals surface area contributed by atoms with Crippen LogP contribution >= 0.6 is 8.25 Å². The van der Waals surface area contributed by atoms with Gasteiger partial charge in [0.15, 0.2) is 0 Å². The van der Waals surface area contributed by atoms with Gasteiger partial charge in [0, 0.05) is 0 Å². The Hall–Kier alpha value is 0.705. The molecule has 0 nitrogen and oxygen atoms in total. The number of hydrogen-bond acceptors (Lipinski definition) is 0. The Labute approximate surface area is 84.6 Å². The minimum absolute atomic E-state index is 0.669. The molecule has 1 saturated carbocycles. The summed E-state index contributed by atoms with van der Waals surface area (Å²) in [6.45, 7) is 3.86. The molecule has 1 atom stereocenters. The van der Waals surface area contributed by atoms with E-state index >= 15 is 0 Å². The summed E-state index contributed by atoms with van der Waals surface area (Å²) in [6.07, 6.45) is 7.41. The third kappa shape index (κ3) is 2.91. The monoisotopic (exact) mass is 358 g/mol. The molecule has 0 saturated heterocycles. The fourth-order valence-electron chi connectivity index (χ4n) is 1.69. The topological polar surface area (TPSA) is 0 Å². The Morgan fingerprint density at radius 2 is 2.36 bits per heavy atom. The van der Waals surface area contributed by atoms with E-state index in [0.717, 1.165) is 0 Å². The zero-order valence-electron chi connectivity index (χ0n) is 6.85. The molecule has 0 heterocycles. The number of rotatable bonds is 2. The Kier molecular flexibility index (Phi) is 4.78. The van der Waals surface area contributed by atoms with Crippen molar-refractivity contribution < 1.29 is 23.3 Å². The molecule has 0 spiro atoms. The average Bonchev–Trinajstić information content (AvgIpc) is 2.06. The van der Waals surface area contributed by atoms with Crippen LogP contribution in [0.5, 0.6) is 0 Å². The van der Waals surface area contributed by atoms with Crippen molar-refractivity contribution in [1.82, 2.24) is 0 Å². The predicted molar refractivity (Wildman–Crippen MR) is 46.1 cm³/mol. The first-order valence-corrected chi connectivity index (χ1v) is 14.2. The van der Waals surface area contributed by atoms with Crippen LogP contribution in [0.1, 0.15) is 25.7 Å². The summed E-state index contributed by atoms with van der Waals surface area (Å²) >= 11 is -1.05. The molecule has 0 amide bonds. The van der Waals surface area contributed by atoms with Crippen LogP contribution < -0.4 is 0 Å². The van der Waals surface area contributed by atoms with Gasteiger partial charge in [0.2, 0.25) is 0 Å². The van der Waals surface area contributed by atoms with Crippen LogP contribution in [0.2, 0.25) is 0 Å². The van der Waals surface area contributed by atoms with Crippen LogP contribution in [0.25, 0.3) is 0 Å². The van der Waals surface area contributed by atoms with Gasteiger partial charge in [-0.3, -0.25) is 0 Å². The summed E-state index contributed by atoms with van der Waals surface area (Å²) in [7, 11) is 5.87. The Balaban J connectivity index is 2.58. The Morgan fingerprint density at radius 3 is 3.00 bits per heavy atom. The number of allylic oxidation sites excluding steroid dienone is 2. The van der Waals surface area contributed by atoms with Crippen molar-refractivity contribution >= 4 is 8.25 Å². The molecule has 0 radical (unpaired) electrons. The molecule has 2 heteroatoms. The SMILES string of the molecule is C=CC1CCCC/C1=[CH]\[Hg][Cl]. The maximum absolute atomic E-state index is 5.87. The summed E-state index contributed by atoms with van der Waals surface area (Å²) in [5.41, 5.74) is 1.60. The van der Waals surface area contributed by atoms with E-state index < -0.39 is 23.3 Å². The molecule has 1 fully saturated rings. The molecule has 1 aliphatic rings. The number of hydrogen-bond donors (Lipinski definition) is 0. The Morgan fingerprint density at radius 1 is 1.55 bits per heavy atom. The van der Waals surface area contributed by atoms with E-state index in [2.05, 4.69) is 16.2 Å². The zero-order valence-corrected chi connectivity index (χ0v) is 13.1. The van der Waals surface area contributed by atoms with Gasteiger partial charge in [-0.15, -0.1) is 0 Å². The van der Waals surface area contributed by atoms with E-state index in [1.807, 2.05) is 0 Å². The van der Waals surface area contributed by atoms with E-state index in [1.54, 1.807) is 5.57 Å². The second-order valence-electron chi connectivity index (χ2n) is 3.02. The van der Waals surface area contributed by atoms with Gasteiger partial charge in [-0.1, -0.05) is 0 Å². The van der Waals surface area contributed by atoms with Crippen molar-refractivity contribution in [2.24, 2.45) is 5.92 Å². The molecule has 1 aliphatic carbocycles. The normalized spacial score (nSPS) is 28.1. The van der Waals surface area contributed by atoms with E-state index in [1.165, 1.54) is 25.7 Å². The average molecular weight is 357 g/mol. The van der Waals surface area contributed by atoms with Gasteiger partial charge in [0.05, 0.1) is 0 Å². The molecule has 0 aromatic heterocycles. The summed E-state index contributed by atoms with van der Waals surface area (Å²) in [6, 6.07) is 0. The number of halogens is 1. The van der Waals surface area contributed by atoms with Crippen molar-refractivity contribution in [1.29, 1.82) is 0 Å². The van der Waals surface area contributed by atoms with Gasteiger partial charge in [-0.05, 0) is 0 Å². The molecule has 11 heavy (non-hydrogen) atoms. The van der Waals surface area contributed by atoms with Crippen molar-refractivity contribution in [3.05, 3.63) is 21.8 Å². The van der Waals surface area contributed by atoms with Crippen LogP contribution in [0.15, 0.2) is 21.8 Å². The molecule has 0 aliphatic heterocycles. The minimum atomic E-state index is -1.05. The van der Waals surface area contributed by atoms with Crippen LogP contribution in [0.3, 0.4) is 0 Å². The van der Waals surface area contributed by atoms with Crippen molar-refractivity contribution in [2.75, 3.05) is 0 Å². The van der Waals surface area contributed by atoms with Crippen LogP contribution in [-0.2, 0) is 23.3 Å². The van der Waals surface area contributed by atoms with Gasteiger partial charge < -0.3 is 0 Å². The first-order valence-electron chi connectivity index (χ1n) is 4.26. The van der Waals surface area contributed by atoms with Gasteiger partial charge in [0.25, 0.3) is 0 Å². The van der Waals surface area contributed by atoms with E-state index in [4.69, 9.17) is 8.25 Å². The molecule has 58 valence electrons. The van der Waals surface area contributed by atoms with E-state index in [9.17, 15) is 0 Å².